The number of benzene rings is 1. The number of unbranched alkanes of at least 4 members (excludes halogenated alkanes) is 1. The van der Waals surface area contributed by atoms with Crippen LogP contribution in [0.5, 0.6) is 0 Å². The van der Waals surface area contributed by atoms with Crippen molar-refractivity contribution < 1.29 is 4.79 Å². The third kappa shape index (κ3) is 4.96. The molecule has 1 N–H and O–H groups in total. The van der Waals surface area contributed by atoms with Crippen LogP contribution in [0.4, 0.5) is 5.13 Å². The van der Waals surface area contributed by atoms with Crippen LogP contribution in [-0.4, -0.2) is 30.5 Å². The number of carbonyl (C=O) groups is 1. The molecule has 0 unspecified atom stereocenters. The van der Waals surface area contributed by atoms with Crippen molar-refractivity contribution >= 4 is 46.2 Å². The van der Waals surface area contributed by atoms with Crippen LogP contribution in [0, 0.1) is 4.77 Å². The van der Waals surface area contributed by atoms with Crippen molar-refractivity contribution in [2.45, 2.75) is 58.0 Å². The van der Waals surface area contributed by atoms with Gasteiger partial charge >= 0.3 is 0 Å². The van der Waals surface area contributed by atoms with E-state index in [4.69, 9.17) is 28.9 Å². The highest BCUT2D eigenvalue weighted by atomic mass is 35.5. The second kappa shape index (κ2) is 9.36. The number of nitrogens with one attached hydrogen (secondary N) is 1. The summed E-state index contributed by atoms with van der Waals surface area (Å²) in [6.07, 6.45) is 4.65. The third-order valence-corrected chi connectivity index (χ3v) is 6.61. The van der Waals surface area contributed by atoms with E-state index >= 15 is 0 Å². The molecule has 0 spiro atoms. The van der Waals surface area contributed by atoms with E-state index in [0.717, 1.165) is 48.6 Å². The van der Waals surface area contributed by atoms with Crippen LogP contribution in [0.2, 0.25) is 5.02 Å². The molecule has 10 heteroatoms. The zero-order valence-electron chi connectivity index (χ0n) is 16.7. The first-order chi connectivity index (χ1) is 14.5. The Balaban J connectivity index is 1.46. The van der Waals surface area contributed by atoms with E-state index in [1.807, 2.05) is 28.8 Å². The Kier molecular flexibility index (Phi) is 6.60. The fourth-order valence-corrected chi connectivity index (χ4v) is 4.45. The van der Waals surface area contributed by atoms with Crippen molar-refractivity contribution in [1.29, 1.82) is 0 Å². The number of halogens is 1. The molecule has 1 fully saturated rings. The second-order valence-corrected chi connectivity index (χ2v) is 9.17. The number of amides is 1. The highest BCUT2D eigenvalue weighted by Gasteiger charge is 2.27. The van der Waals surface area contributed by atoms with Crippen LogP contribution in [0.3, 0.4) is 0 Å². The van der Waals surface area contributed by atoms with Gasteiger partial charge in [0.05, 0.1) is 6.54 Å². The molecule has 7 nitrogen and oxygen atoms in total. The molecule has 1 saturated carbocycles. The summed E-state index contributed by atoms with van der Waals surface area (Å²) >= 11 is 13.1. The van der Waals surface area contributed by atoms with Crippen LogP contribution in [0.15, 0.2) is 24.3 Å². The van der Waals surface area contributed by atoms with Crippen molar-refractivity contribution in [3.63, 3.8) is 0 Å². The van der Waals surface area contributed by atoms with E-state index in [0.29, 0.717) is 27.4 Å². The molecule has 0 saturated heterocycles. The zero-order valence-corrected chi connectivity index (χ0v) is 19.1. The summed E-state index contributed by atoms with van der Waals surface area (Å²) in [5.74, 6) is 1.21. The number of aromatic nitrogens is 5. The van der Waals surface area contributed by atoms with Crippen LogP contribution in [0.25, 0.3) is 11.4 Å². The summed E-state index contributed by atoms with van der Waals surface area (Å²) in [5.41, 5.74) is 0.950. The second-order valence-electron chi connectivity index (χ2n) is 7.36. The van der Waals surface area contributed by atoms with E-state index in [-0.39, 0.29) is 12.3 Å². The van der Waals surface area contributed by atoms with Crippen LogP contribution >= 0.6 is 35.2 Å². The van der Waals surface area contributed by atoms with Gasteiger partial charge in [0, 0.05) is 29.5 Å². The minimum Gasteiger partial charge on any atom is -0.300 e. The van der Waals surface area contributed by atoms with Gasteiger partial charge in [0.25, 0.3) is 0 Å². The minimum absolute atomic E-state index is 0.119. The Labute approximate surface area is 189 Å². The Morgan fingerprint density at radius 3 is 2.73 bits per heavy atom. The molecule has 158 valence electrons. The minimum atomic E-state index is -0.119. The standard InChI is InChI=1S/C20H23ClN6OS2/c1-2-3-11-26-17(13-6-8-15(21)9-7-13)25-27(20(26)29)12-10-16(28)22-19-24-23-18(30-19)14-4-5-14/h6-9,14H,2-5,10-12H2,1H3,(H,22,24,28). The predicted octanol–water partition coefficient (Wildman–Crippen LogP) is 5.29. The van der Waals surface area contributed by atoms with Crippen molar-refractivity contribution in [1.82, 2.24) is 24.5 Å². The number of hydrogen-bond donors (Lipinski definition) is 1. The Hall–Kier alpha value is -2.10. The van der Waals surface area contributed by atoms with Crippen molar-refractivity contribution in [3.05, 3.63) is 39.1 Å². The number of carbonyl (C=O) groups excluding carboxylic acids is 1. The molecule has 1 aliphatic rings. The van der Waals surface area contributed by atoms with Gasteiger partial charge in [0.1, 0.15) is 5.01 Å². The highest BCUT2D eigenvalue weighted by Crippen LogP contribution is 2.42. The van der Waals surface area contributed by atoms with Crippen molar-refractivity contribution in [2.75, 3.05) is 5.32 Å². The van der Waals surface area contributed by atoms with E-state index in [9.17, 15) is 4.79 Å². The lowest BCUT2D eigenvalue weighted by Gasteiger charge is -2.05. The zero-order chi connectivity index (χ0) is 21.1. The molecule has 1 aromatic carbocycles. The summed E-state index contributed by atoms with van der Waals surface area (Å²) in [7, 11) is 0. The van der Waals surface area contributed by atoms with Crippen LogP contribution < -0.4 is 5.32 Å². The average Bonchev–Trinajstić information content (AvgIpc) is 3.41. The van der Waals surface area contributed by atoms with Gasteiger partial charge in [-0.1, -0.05) is 36.3 Å². The van der Waals surface area contributed by atoms with Crippen LogP contribution in [-0.2, 0) is 17.9 Å². The van der Waals surface area contributed by atoms with Gasteiger partial charge in [-0.25, -0.2) is 4.68 Å². The largest absolute Gasteiger partial charge is 0.300 e. The number of aryl methyl sites for hydroxylation is 1. The fourth-order valence-electron chi connectivity index (χ4n) is 3.09. The lowest BCUT2D eigenvalue weighted by Crippen LogP contribution is -2.15. The summed E-state index contributed by atoms with van der Waals surface area (Å²) in [6.45, 7) is 3.33. The average molecular weight is 463 g/mol. The van der Waals surface area contributed by atoms with Crippen molar-refractivity contribution in [2.24, 2.45) is 0 Å². The molecule has 1 aliphatic carbocycles. The monoisotopic (exact) mass is 462 g/mol. The smallest absolute Gasteiger partial charge is 0.228 e. The summed E-state index contributed by atoms with van der Waals surface area (Å²) in [6, 6.07) is 7.56. The quantitative estimate of drug-likeness (QED) is 0.437. The molecule has 1 amide bonds. The fraction of sp³-hybridized carbons (Fsp3) is 0.450. The van der Waals surface area contributed by atoms with Gasteiger partial charge in [0.15, 0.2) is 10.6 Å². The first-order valence-electron chi connectivity index (χ1n) is 10.1. The maximum Gasteiger partial charge on any atom is 0.228 e. The Bertz CT molecular complexity index is 1080. The van der Waals surface area contributed by atoms with Gasteiger partial charge in [-0.05, 0) is 55.7 Å². The molecular weight excluding hydrogens is 440 g/mol. The van der Waals surface area contributed by atoms with Gasteiger partial charge in [0.2, 0.25) is 11.0 Å². The van der Waals surface area contributed by atoms with Gasteiger partial charge in [-0.2, -0.15) is 5.10 Å². The van der Waals surface area contributed by atoms with Crippen molar-refractivity contribution in [3.8, 4) is 11.4 Å². The maximum atomic E-state index is 12.4. The van der Waals surface area contributed by atoms with E-state index in [1.54, 1.807) is 4.68 Å². The van der Waals surface area contributed by atoms with Crippen LogP contribution in [0.1, 0.15) is 50.0 Å². The summed E-state index contributed by atoms with van der Waals surface area (Å²) in [5, 5.41) is 18.0. The number of hydrogen-bond acceptors (Lipinski definition) is 6. The summed E-state index contributed by atoms with van der Waals surface area (Å²) < 4.78 is 4.38. The molecule has 30 heavy (non-hydrogen) atoms. The number of rotatable bonds is 9. The third-order valence-electron chi connectivity index (χ3n) is 4.92. The molecule has 0 aliphatic heterocycles. The maximum absolute atomic E-state index is 12.4. The van der Waals surface area contributed by atoms with E-state index in [1.165, 1.54) is 11.3 Å². The molecule has 2 heterocycles. The topological polar surface area (TPSA) is 77.6 Å². The molecule has 0 radical (unpaired) electrons. The summed E-state index contributed by atoms with van der Waals surface area (Å²) in [4.78, 5) is 12.4. The Morgan fingerprint density at radius 1 is 1.27 bits per heavy atom. The normalized spacial score (nSPS) is 13.5. The SMILES string of the molecule is CCCCn1c(-c2ccc(Cl)cc2)nn(CCC(=O)Nc2nnc(C3CC3)s2)c1=S. The van der Waals surface area contributed by atoms with Gasteiger partial charge in [-0.15, -0.1) is 10.2 Å². The predicted molar refractivity (Wildman–Crippen MR) is 122 cm³/mol. The molecule has 4 rings (SSSR count). The number of nitrogens with zero attached hydrogens (tertiary/aromatic N) is 5. The molecule has 3 aromatic rings. The van der Waals surface area contributed by atoms with E-state index in [2.05, 4.69) is 22.4 Å². The Morgan fingerprint density at radius 2 is 2.03 bits per heavy atom. The van der Waals surface area contributed by atoms with Gasteiger partial charge < -0.3 is 5.32 Å². The highest BCUT2D eigenvalue weighted by molar-refractivity contribution is 7.71. The van der Waals surface area contributed by atoms with Gasteiger partial charge in [-0.3, -0.25) is 9.36 Å². The lowest BCUT2D eigenvalue weighted by molar-refractivity contribution is -0.116. The molecule has 2 aromatic heterocycles. The molecular formula is C20H23ClN6OS2. The molecule has 0 bridgehead atoms. The van der Waals surface area contributed by atoms with E-state index < -0.39 is 0 Å². The first kappa shape index (κ1) is 21.1. The molecule has 0 atom stereocenters. The first-order valence-corrected chi connectivity index (χ1v) is 11.7. The lowest BCUT2D eigenvalue weighted by atomic mass is 10.2. The number of anilines is 1.